The molecule has 1 radical (unpaired) electrons. The minimum absolute atomic E-state index is 0.241. The molecule has 1 rings (SSSR count). The molecule has 0 heterocycles. The van der Waals surface area contributed by atoms with E-state index in [2.05, 4.69) is 6.07 Å². The Morgan fingerprint density at radius 2 is 2.08 bits per heavy atom. The molecule has 0 aromatic heterocycles. The van der Waals surface area contributed by atoms with Gasteiger partial charge in [-0.15, -0.1) is 0 Å². The predicted octanol–water partition coefficient (Wildman–Crippen LogP) is 1.59. The van der Waals surface area contributed by atoms with E-state index in [4.69, 9.17) is 9.84 Å². The second-order valence-electron chi connectivity index (χ2n) is 2.42. The molecule has 0 atom stereocenters. The first-order valence-corrected chi connectivity index (χ1v) is 5.36. The quantitative estimate of drug-likeness (QED) is 0.702. The summed E-state index contributed by atoms with van der Waals surface area (Å²) in [6, 6.07) is 10.4. The molecule has 0 unspecified atom stereocenters. The Kier molecular flexibility index (Phi) is 5.45. The maximum Gasteiger partial charge on any atom is 0.119 e. The average molecular weight is 197 g/mol. The van der Waals surface area contributed by atoms with Crippen molar-refractivity contribution in [3.63, 3.8) is 0 Å². The highest BCUT2D eigenvalue weighted by Gasteiger charge is 1.91. The fraction of sp³-hybridized carbons (Fsp3) is 0.400. The minimum atomic E-state index is 0.241. The van der Waals surface area contributed by atoms with Crippen LogP contribution in [0.1, 0.15) is 0 Å². The topological polar surface area (TPSA) is 29.5 Å². The van der Waals surface area contributed by atoms with Gasteiger partial charge in [-0.2, -0.15) is 11.8 Å². The van der Waals surface area contributed by atoms with E-state index >= 15 is 0 Å². The van der Waals surface area contributed by atoms with Crippen LogP contribution in [0.4, 0.5) is 0 Å². The molecule has 0 fully saturated rings. The van der Waals surface area contributed by atoms with E-state index in [-0.39, 0.29) is 6.61 Å². The summed E-state index contributed by atoms with van der Waals surface area (Å²) in [5, 5.41) is 8.52. The summed E-state index contributed by atoms with van der Waals surface area (Å²) in [4.78, 5) is 0. The molecule has 0 saturated heterocycles. The van der Waals surface area contributed by atoms with Crippen LogP contribution in [0, 0.1) is 6.07 Å². The predicted molar refractivity (Wildman–Crippen MR) is 55.2 cm³/mol. The lowest BCUT2D eigenvalue weighted by molar-refractivity contribution is 0.321. The lowest BCUT2D eigenvalue weighted by Gasteiger charge is -2.04. The van der Waals surface area contributed by atoms with Crippen LogP contribution in [0.2, 0.25) is 0 Å². The molecule has 1 aromatic carbocycles. The normalized spacial score (nSPS) is 9.92. The van der Waals surface area contributed by atoms with Crippen LogP contribution in [-0.4, -0.2) is 29.8 Å². The number of aliphatic hydroxyl groups excluding tert-OH is 1. The number of hydrogen-bond acceptors (Lipinski definition) is 3. The molecule has 0 aliphatic carbocycles. The summed E-state index contributed by atoms with van der Waals surface area (Å²) in [5.74, 6) is 2.58. The van der Waals surface area contributed by atoms with Gasteiger partial charge in [0.05, 0.1) is 13.2 Å². The minimum Gasteiger partial charge on any atom is -0.493 e. The molecule has 0 aliphatic rings. The highest BCUT2D eigenvalue weighted by Crippen LogP contribution is 2.08. The molecule has 0 saturated carbocycles. The zero-order chi connectivity index (χ0) is 9.36. The summed E-state index contributed by atoms with van der Waals surface area (Å²) in [6.45, 7) is 0.930. The lowest BCUT2D eigenvalue weighted by Crippen LogP contribution is -2.01. The van der Waals surface area contributed by atoms with Gasteiger partial charge in [-0.1, -0.05) is 12.1 Å². The average Bonchev–Trinajstić information content (AvgIpc) is 2.19. The van der Waals surface area contributed by atoms with Gasteiger partial charge in [-0.05, 0) is 18.2 Å². The number of rotatable bonds is 6. The number of ether oxygens (including phenoxy) is 1. The lowest BCUT2D eigenvalue weighted by atomic mass is 10.3. The number of aliphatic hydroxyl groups is 1. The highest BCUT2D eigenvalue weighted by atomic mass is 32.2. The highest BCUT2D eigenvalue weighted by molar-refractivity contribution is 7.99. The van der Waals surface area contributed by atoms with E-state index in [0.717, 1.165) is 17.3 Å². The third-order valence-corrected chi connectivity index (χ3v) is 2.35. The Morgan fingerprint density at radius 1 is 1.31 bits per heavy atom. The maximum atomic E-state index is 8.52. The van der Waals surface area contributed by atoms with Crippen molar-refractivity contribution in [1.82, 2.24) is 0 Å². The van der Waals surface area contributed by atoms with Crippen LogP contribution in [-0.2, 0) is 0 Å². The first-order valence-electron chi connectivity index (χ1n) is 4.21. The SMILES string of the molecule is OCCSCCOc1cc[c]cc1. The second kappa shape index (κ2) is 6.80. The fourth-order valence-corrected chi connectivity index (χ4v) is 1.39. The third-order valence-electron chi connectivity index (χ3n) is 1.42. The van der Waals surface area contributed by atoms with Crippen molar-refractivity contribution in [1.29, 1.82) is 0 Å². The second-order valence-corrected chi connectivity index (χ2v) is 3.64. The van der Waals surface area contributed by atoms with Gasteiger partial charge in [0.25, 0.3) is 0 Å². The van der Waals surface area contributed by atoms with Crippen LogP contribution in [0.15, 0.2) is 24.3 Å². The van der Waals surface area contributed by atoms with Gasteiger partial charge >= 0.3 is 0 Å². The van der Waals surface area contributed by atoms with Crippen molar-refractivity contribution < 1.29 is 9.84 Å². The number of benzene rings is 1. The van der Waals surface area contributed by atoms with Crippen molar-refractivity contribution in [2.24, 2.45) is 0 Å². The Bertz CT molecular complexity index is 213. The summed E-state index contributed by atoms with van der Waals surface area (Å²) < 4.78 is 5.43. The van der Waals surface area contributed by atoms with E-state index < -0.39 is 0 Å². The Balaban J connectivity index is 2.07. The van der Waals surface area contributed by atoms with Gasteiger partial charge in [-0.3, -0.25) is 0 Å². The van der Waals surface area contributed by atoms with Gasteiger partial charge in [0.15, 0.2) is 0 Å². The molecule has 71 valence electrons. The summed E-state index contributed by atoms with van der Waals surface area (Å²) >= 11 is 1.69. The summed E-state index contributed by atoms with van der Waals surface area (Å²) in [5.41, 5.74) is 0. The zero-order valence-electron chi connectivity index (χ0n) is 7.40. The van der Waals surface area contributed by atoms with Crippen LogP contribution in [0.25, 0.3) is 0 Å². The van der Waals surface area contributed by atoms with E-state index in [1.807, 2.05) is 24.3 Å². The molecule has 0 aliphatic heterocycles. The van der Waals surface area contributed by atoms with E-state index in [1.165, 1.54) is 0 Å². The van der Waals surface area contributed by atoms with E-state index in [0.29, 0.717) is 6.61 Å². The van der Waals surface area contributed by atoms with E-state index in [1.54, 1.807) is 11.8 Å². The van der Waals surface area contributed by atoms with Gasteiger partial charge in [0, 0.05) is 11.5 Å². The van der Waals surface area contributed by atoms with Crippen LogP contribution < -0.4 is 4.74 Å². The largest absolute Gasteiger partial charge is 0.493 e. The first kappa shape index (κ1) is 10.4. The molecule has 1 aromatic rings. The summed E-state index contributed by atoms with van der Waals surface area (Å²) in [6.07, 6.45) is 0. The molecule has 0 bridgehead atoms. The van der Waals surface area contributed by atoms with Crippen LogP contribution in [0.5, 0.6) is 5.75 Å². The standard InChI is InChI=1S/C10H13O2S/c11-6-8-13-9-7-12-10-4-2-1-3-5-10/h2-5,11H,6-9H2. The van der Waals surface area contributed by atoms with Crippen molar-refractivity contribution in [2.75, 3.05) is 24.7 Å². The Labute approximate surface area is 82.9 Å². The molecule has 0 spiro atoms. The zero-order valence-corrected chi connectivity index (χ0v) is 8.22. The molecule has 0 amide bonds. The summed E-state index contributed by atoms with van der Waals surface area (Å²) in [7, 11) is 0. The Morgan fingerprint density at radius 3 is 2.77 bits per heavy atom. The Hall–Kier alpha value is -0.670. The smallest absolute Gasteiger partial charge is 0.119 e. The molecular formula is C10H13O2S. The van der Waals surface area contributed by atoms with Gasteiger partial charge in [-0.25, -0.2) is 0 Å². The fourth-order valence-electron chi connectivity index (χ4n) is 0.853. The molecular weight excluding hydrogens is 184 g/mol. The van der Waals surface area contributed by atoms with Crippen LogP contribution >= 0.6 is 11.8 Å². The van der Waals surface area contributed by atoms with Gasteiger partial charge in [0.2, 0.25) is 0 Å². The van der Waals surface area contributed by atoms with Crippen molar-refractivity contribution in [3.8, 4) is 5.75 Å². The maximum absolute atomic E-state index is 8.52. The first-order chi connectivity index (χ1) is 6.43. The third kappa shape index (κ3) is 4.80. The molecule has 3 heteroatoms. The molecule has 1 N–H and O–H groups in total. The van der Waals surface area contributed by atoms with Crippen molar-refractivity contribution in [2.45, 2.75) is 0 Å². The van der Waals surface area contributed by atoms with Crippen molar-refractivity contribution >= 4 is 11.8 Å². The van der Waals surface area contributed by atoms with Crippen LogP contribution in [0.3, 0.4) is 0 Å². The molecule has 2 nitrogen and oxygen atoms in total. The number of thioether (sulfide) groups is 1. The van der Waals surface area contributed by atoms with Gasteiger partial charge < -0.3 is 9.84 Å². The number of hydrogen-bond donors (Lipinski definition) is 1. The van der Waals surface area contributed by atoms with Crippen molar-refractivity contribution in [3.05, 3.63) is 30.3 Å². The monoisotopic (exact) mass is 197 g/mol. The van der Waals surface area contributed by atoms with E-state index in [9.17, 15) is 0 Å². The molecule has 13 heavy (non-hydrogen) atoms. The van der Waals surface area contributed by atoms with Gasteiger partial charge in [0.1, 0.15) is 5.75 Å².